The number of amides is 1. The molecule has 0 saturated carbocycles. The number of alkyl halides is 3. The van der Waals surface area contributed by atoms with Crippen LogP contribution < -0.4 is 10.1 Å². The second-order valence-corrected chi connectivity index (χ2v) is 4.81. The van der Waals surface area contributed by atoms with Gasteiger partial charge in [0.15, 0.2) is 6.61 Å². The summed E-state index contributed by atoms with van der Waals surface area (Å²) in [5.74, 6) is -0.127. The van der Waals surface area contributed by atoms with E-state index in [9.17, 15) is 18.0 Å². The van der Waals surface area contributed by atoms with E-state index >= 15 is 0 Å². The Balaban J connectivity index is 1.93. The SMILES string of the molecule is O=C(COc1ccc(Cl)cc1)Nc1cccc(C(F)(F)F)c1. The van der Waals surface area contributed by atoms with Gasteiger partial charge in [0.2, 0.25) is 0 Å². The fourth-order valence-corrected chi connectivity index (χ4v) is 1.78. The molecule has 0 aliphatic carbocycles. The molecule has 2 aromatic carbocycles. The second-order valence-electron chi connectivity index (χ2n) is 4.37. The highest BCUT2D eigenvalue weighted by atomic mass is 35.5. The van der Waals surface area contributed by atoms with Gasteiger partial charge in [-0.2, -0.15) is 13.2 Å². The third-order valence-electron chi connectivity index (χ3n) is 2.66. The van der Waals surface area contributed by atoms with Gasteiger partial charge in [-0.1, -0.05) is 17.7 Å². The van der Waals surface area contributed by atoms with Gasteiger partial charge in [0.05, 0.1) is 5.56 Å². The molecule has 0 aromatic heterocycles. The summed E-state index contributed by atoms with van der Waals surface area (Å²) in [6, 6.07) is 10.7. The van der Waals surface area contributed by atoms with E-state index in [1.807, 2.05) is 0 Å². The summed E-state index contributed by atoms with van der Waals surface area (Å²) in [6.07, 6.45) is -4.46. The van der Waals surface area contributed by atoms with Gasteiger partial charge in [-0.05, 0) is 42.5 Å². The molecule has 2 aromatic rings. The third-order valence-corrected chi connectivity index (χ3v) is 2.91. The molecule has 0 bridgehead atoms. The van der Waals surface area contributed by atoms with E-state index in [0.717, 1.165) is 12.1 Å². The maximum Gasteiger partial charge on any atom is 0.416 e. The number of halogens is 4. The molecule has 7 heteroatoms. The molecule has 0 unspecified atom stereocenters. The van der Waals surface area contributed by atoms with Gasteiger partial charge < -0.3 is 10.1 Å². The number of benzene rings is 2. The van der Waals surface area contributed by atoms with Crippen molar-refractivity contribution in [1.82, 2.24) is 0 Å². The first-order valence-electron chi connectivity index (χ1n) is 6.20. The molecule has 2 rings (SSSR count). The monoisotopic (exact) mass is 329 g/mol. The van der Waals surface area contributed by atoms with E-state index in [1.54, 1.807) is 24.3 Å². The summed E-state index contributed by atoms with van der Waals surface area (Å²) < 4.78 is 42.9. The highest BCUT2D eigenvalue weighted by Crippen LogP contribution is 2.30. The number of ether oxygens (including phenoxy) is 1. The van der Waals surface area contributed by atoms with Crippen LogP contribution in [0.3, 0.4) is 0 Å². The molecule has 0 fully saturated rings. The molecule has 1 amide bonds. The molecule has 0 heterocycles. The van der Waals surface area contributed by atoms with Crippen LogP contribution in [0.2, 0.25) is 5.02 Å². The molecule has 3 nitrogen and oxygen atoms in total. The molecular formula is C15H11ClF3NO2. The summed E-state index contributed by atoms with van der Waals surface area (Å²) in [4.78, 5) is 11.7. The van der Waals surface area contributed by atoms with Crippen LogP contribution in [0.4, 0.5) is 18.9 Å². The zero-order chi connectivity index (χ0) is 16.2. The first kappa shape index (κ1) is 16.2. The van der Waals surface area contributed by atoms with Crippen molar-refractivity contribution in [3.05, 3.63) is 59.1 Å². The largest absolute Gasteiger partial charge is 0.484 e. The van der Waals surface area contributed by atoms with E-state index < -0.39 is 17.6 Å². The number of carbonyl (C=O) groups is 1. The lowest BCUT2D eigenvalue weighted by Crippen LogP contribution is -2.20. The zero-order valence-corrected chi connectivity index (χ0v) is 11.9. The number of carbonyl (C=O) groups excluding carboxylic acids is 1. The van der Waals surface area contributed by atoms with Gasteiger partial charge in [0.25, 0.3) is 5.91 Å². The highest BCUT2D eigenvalue weighted by molar-refractivity contribution is 6.30. The number of hydrogen-bond donors (Lipinski definition) is 1. The minimum absolute atomic E-state index is 0.0551. The van der Waals surface area contributed by atoms with E-state index in [1.165, 1.54) is 12.1 Å². The molecule has 116 valence electrons. The molecular weight excluding hydrogens is 319 g/mol. The van der Waals surface area contributed by atoms with Crippen molar-refractivity contribution in [2.24, 2.45) is 0 Å². The summed E-state index contributed by atoms with van der Waals surface area (Å²) in [6.45, 7) is -0.322. The van der Waals surface area contributed by atoms with Gasteiger partial charge in [0.1, 0.15) is 5.75 Å². The van der Waals surface area contributed by atoms with E-state index in [-0.39, 0.29) is 12.3 Å². The molecule has 0 aliphatic rings. The van der Waals surface area contributed by atoms with Crippen molar-refractivity contribution in [3.8, 4) is 5.75 Å². The van der Waals surface area contributed by atoms with Crippen molar-refractivity contribution >= 4 is 23.2 Å². The normalized spacial score (nSPS) is 11.1. The van der Waals surface area contributed by atoms with Crippen LogP contribution in [0.15, 0.2) is 48.5 Å². The summed E-state index contributed by atoms with van der Waals surface area (Å²) in [5, 5.41) is 2.87. The molecule has 0 aliphatic heterocycles. The van der Waals surface area contributed by atoms with Crippen molar-refractivity contribution in [2.45, 2.75) is 6.18 Å². The van der Waals surface area contributed by atoms with Crippen LogP contribution in [0.25, 0.3) is 0 Å². The van der Waals surface area contributed by atoms with Crippen molar-refractivity contribution in [2.75, 3.05) is 11.9 Å². The lowest BCUT2D eigenvalue weighted by atomic mass is 10.2. The van der Waals surface area contributed by atoms with E-state index in [4.69, 9.17) is 16.3 Å². The van der Waals surface area contributed by atoms with Crippen LogP contribution in [0.5, 0.6) is 5.75 Å². The van der Waals surface area contributed by atoms with Crippen LogP contribution in [-0.4, -0.2) is 12.5 Å². The number of hydrogen-bond acceptors (Lipinski definition) is 2. The minimum Gasteiger partial charge on any atom is -0.484 e. The summed E-state index contributed by atoms with van der Waals surface area (Å²) in [5.41, 5.74) is -0.775. The van der Waals surface area contributed by atoms with Gasteiger partial charge in [-0.15, -0.1) is 0 Å². The Bertz CT molecular complexity index is 657. The Labute approximate surface area is 129 Å². The third kappa shape index (κ3) is 4.66. The average molecular weight is 330 g/mol. The molecule has 0 saturated heterocycles. The Morgan fingerprint density at radius 1 is 1.14 bits per heavy atom. The van der Waals surface area contributed by atoms with Gasteiger partial charge in [0, 0.05) is 10.7 Å². The highest BCUT2D eigenvalue weighted by Gasteiger charge is 2.30. The Hall–Kier alpha value is -2.21. The second kappa shape index (κ2) is 6.70. The minimum atomic E-state index is -4.46. The first-order chi connectivity index (χ1) is 10.3. The quantitative estimate of drug-likeness (QED) is 0.904. The Morgan fingerprint density at radius 2 is 1.82 bits per heavy atom. The van der Waals surface area contributed by atoms with Gasteiger partial charge >= 0.3 is 6.18 Å². The fourth-order valence-electron chi connectivity index (χ4n) is 1.65. The maximum absolute atomic E-state index is 12.6. The smallest absolute Gasteiger partial charge is 0.416 e. The van der Waals surface area contributed by atoms with Crippen molar-refractivity contribution in [1.29, 1.82) is 0 Å². The molecule has 22 heavy (non-hydrogen) atoms. The summed E-state index contributed by atoms with van der Waals surface area (Å²) >= 11 is 5.71. The fraction of sp³-hybridized carbons (Fsp3) is 0.133. The average Bonchev–Trinajstić information content (AvgIpc) is 2.46. The Morgan fingerprint density at radius 3 is 2.45 bits per heavy atom. The zero-order valence-electron chi connectivity index (χ0n) is 11.2. The van der Waals surface area contributed by atoms with Crippen molar-refractivity contribution in [3.63, 3.8) is 0 Å². The lowest BCUT2D eigenvalue weighted by molar-refractivity contribution is -0.137. The number of nitrogens with one attached hydrogen (secondary N) is 1. The number of rotatable bonds is 4. The number of anilines is 1. The van der Waals surface area contributed by atoms with E-state index in [2.05, 4.69) is 5.32 Å². The predicted molar refractivity (Wildman–Crippen MR) is 77.0 cm³/mol. The van der Waals surface area contributed by atoms with Gasteiger partial charge in [-0.25, -0.2) is 0 Å². The molecule has 0 spiro atoms. The van der Waals surface area contributed by atoms with Crippen LogP contribution in [0, 0.1) is 0 Å². The molecule has 0 radical (unpaired) electrons. The molecule has 0 atom stereocenters. The van der Waals surface area contributed by atoms with Crippen LogP contribution in [0.1, 0.15) is 5.56 Å². The topological polar surface area (TPSA) is 38.3 Å². The van der Waals surface area contributed by atoms with Gasteiger partial charge in [-0.3, -0.25) is 4.79 Å². The predicted octanol–water partition coefficient (Wildman–Crippen LogP) is 4.38. The Kier molecular flexibility index (Phi) is 4.92. The maximum atomic E-state index is 12.6. The lowest BCUT2D eigenvalue weighted by Gasteiger charge is -2.10. The van der Waals surface area contributed by atoms with Crippen LogP contribution >= 0.6 is 11.6 Å². The first-order valence-corrected chi connectivity index (χ1v) is 6.58. The standard InChI is InChI=1S/C15H11ClF3NO2/c16-11-4-6-13(7-5-11)22-9-14(21)20-12-3-1-2-10(8-12)15(17,18)19/h1-8H,9H2,(H,20,21). The molecule has 1 N–H and O–H groups in total. The van der Waals surface area contributed by atoms with E-state index in [0.29, 0.717) is 10.8 Å². The summed E-state index contributed by atoms with van der Waals surface area (Å²) in [7, 11) is 0. The van der Waals surface area contributed by atoms with Crippen LogP contribution in [-0.2, 0) is 11.0 Å². The van der Waals surface area contributed by atoms with Crippen molar-refractivity contribution < 1.29 is 22.7 Å².